The van der Waals surface area contributed by atoms with E-state index in [9.17, 15) is 34.1 Å². The van der Waals surface area contributed by atoms with Crippen LogP contribution >= 0.6 is 11.8 Å². The molecule has 0 fully saturated rings. The Balaban J connectivity index is 1.60. The van der Waals surface area contributed by atoms with Gasteiger partial charge in [0.2, 0.25) is 11.3 Å². The number of aromatic nitrogens is 1. The number of amides is 1. The number of hydrogen-bond donors (Lipinski definition) is 4. The number of aromatic hydroxyl groups is 2. The highest BCUT2D eigenvalue weighted by Crippen LogP contribution is 2.38. The van der Waals surface area contributed by atoms with Gasteiger partial charge in [0.1, 0.15) is 22.9 Å². The molecule has 0 spiro atoms. The first kappa shape index (κ1) is 33.3. The van der Waals surface area contributed by atoms with Crippen LogP contribution < -0.4 is 15.5 Å². The molecule has 0 unspecified atom stereocenters. The van der Waals surface area contributed by atoms with Crippen molar-refractivity contribution in [2.45, 2.75) is 63.1 Å². The summed E-state index contributed by atoms with van der Waals surface area (Å²) in [4.78, 5) is 36.8. The van der Waals surface area contributed by atoms with Crippen molar-refractivity contribution in [3.05, 3.63) is 92.7 Å². The zero-order valence-corrected chi connectivity index (χ0v) is 25.3. The minimum absolute atomic E-state index is 0.164. The number of thioether (sulfide) groups is 1. The lowest BCUT2D eigenvalue weighted by Gasteiger charge is -2.17. The Labute approximate surface area is 254 Å². The van der Waals surface area contributed by atoms with E-state index in [1.54, 1.807) is 29.8 Å². The molecule has 0 saturated heterocycles. The van der Waals surface area contributed by atoms with Gasteiger partial charge in [0, 0.05) is 47.6 Å². The van der Waals surface area contributed by atoms with E-state index < -0.39 is 11.4 Å². The maximum absolute atomic E-state index is 13.3. The number of carbonyl (C=O) groups excluding carboxylic acids is 1. The van der Waals surface area contributed by atoms with Crippen molar-refractivity contribution in [3.63, 3.8) is 0 Å². The molecule has 0 aliphatic heterocycles. The van der Waals surface area contributed by atoms with Crippen molar-refractivity contribution >= 4 is 23.6 Å². The van der Waals surface area contributed by atoms with Gasteiger partial charge in [0.25, 0.3) is 0 Å². The monoisotopic (exact) mass is 612 g/mol. The topological polar surface area (TPSA) is 138 Å². The van der Waals surface area contributed by atoms with Gasteiger partial charge in [-0.05, 0) is 75.4 Å². The van der Waals surface area contributed by atoms with Crippen LogP contribution in [0.15, 0.2) is 63.9 Å². The Morgan fingerprint density at radius 2 is 1.81 bits per heavy atom. The van der Waals surface area contributed by atoms with E-state index in [1.807, 2.05) is 19.9 Å². The summed E-state index contributed by atoms with van der Waals surface area (Å²) >= 11 is 1.32. The lowest BCUT2D eigenvalue weighted by molar-refractivity contribution is -0.121. The highest BCUT2D eigenvalue weighted by atomic mass is 32.2. The smallest absolute Gasteiger partial charge is 0.339 e. The van der Waals surface area contributed by atoms with Crippen molar-refractivity contribution in [1.29, 1.82) is 0 Å². The number of unbranched alkanes of at least 4 members (excludes halogenated alkanes) is 2. The van der Waals surface area contributed by atoms with Crippen LogP contribution in [0, 0.1) is 5.82 Å². The second kappa shape index (κ2) is 15.8. The number of carboxylic acids is 1. The Hall–Kier alpha value is -4.25. The summed E-state index contributed by atoms with van der Waals surface area (Å²) < 4.78 is 20.9. The molecule has 11 heteroatoms. The summed E-state index contributed by atoms with van der Waals surface area (Å²) in [6, 6.07) is 8.81. The third-order valence-corrected chi connectivity index (χ3v) is 7.74. The third-order valence-electron chi connectivity index (χ3n) is 6.67. The maximum atomic E-state index is 13.3. The Morgan fingerprint density at radius 3 is 2.49 bits per heavy atom. The van der Waals surface area contributed by atoms with E-state index >= 15 is 0 Å². The molecule has 43 heavy (non-hydrogen) atoms. The number of ether oxygens (including phenoxy) is 1. The van der Waals surface area contributed by atoms with Crippen LogP contribution in [0.3, 0.4) is 0 Å². The van der Waals surface area contributed by atoms with Gasteiger partial charge >= 0.3 is 5.97 Å². The molecular weight excluding hydrogens is 575 g/mol. The van der Waals surface area contributed by atoms with Gasteiger partial charge in [-0.2, -0.15) is 0 Å². The van der Waals surface area contributed by atoms with Gasteiger partial charge in [-0.25, -0.2) is 9.18 Å². The first-order valence-corrected chi connectivity index (χ1v) is 14.9. The van der Waals surface area contributed by atoms with Gasteiger partial charge in [0.15, 0.2) is 5.75 Å². The number of halogens is 1. The molecule has 0 bridgehead atoms. The number of carbonyl (C=O) groups is 2. The molecule has 9 nitrogen and oxygen atoms in total. The first-order valence-electron chi connectivity index (χ1n) is 13.9. The van der Waals surface area contributed by atoms with E-state index in [4.69, 9.17) is 4.74 Å². The number of allylic oxidation sites excluding steroid dienone is 2. The van der Waals surface area contributed by atoms with Crippen LogP contribution in [0.1, 0.15) is 66.7 Å². The number of nitrogens with one attached hydrogen (secondary N) is 1. The van der Waals surface area contributed by atoms with Crippen LogP contribution in [-0.4, -0.2) is 38.4 Å². The number of aryl methyl sites for hydroxylation is 1. The zero-order chi connectivity index (χ0) is 31.5. The number of rotatable bonds is 15. The van der Waals surface area contributed by atoms with Gasteiger partial charge in [-0.1, -0.05) is 11.6 Å². The van der Waals surface area contributed by atoms with Gasteiger partial charge in [-0.15, -0.1) is 11.8 Å². The fourth-order valence-electron chi connectivity index (χ4n) is 4.27. The summed E-state index contributed by atoms with van der Waals surface area (Å²) in [5.74, 6) is -1.83. The highest BCUT2D eigenvalue weighted by Gasteiger charge is 2.23. The predicted molar refractivity (Wildman–Crippen MR) is 163 cm³/mol. The van der Waals surface area contributed by atoms with Crippen LogP contribution in [0.2, 0.25) is 0 Å². The molecule has 0 atom stereocenters. The zero-order valence-electron chi connectivity index (χ0n) is 24.5. The standard InChI is InChI=1S/C32H37FN2O7S/c1-20(2)8-13-25-28(15-21(30(31(25)39)32(40)41)19-43-24-11-9-22(33)10-12-24)42-14-6-4-5-7-29(38)34-17-23-16-26(36)27(37)18-35(23)3/h8-12,15-16,18,37,39H,4-7,13-14,17,19H2,1-3H3,(H,34,38)(H,40,41). The molecule has 2 aromatic carbocycles. The minimum Gasteiger partial charge on any atom is -0.507 e. The Kier molecular flexibility index (Phi) is 12.2. The summed E-state index contributed by atoms with van der Waals surface area (Å²) in [5, 5.41) is 33.2. The number of phenols is 1. The summed E-state index contributed by atoms with van der Waals surface area (Å²) in [5.41, 5.74) is 1.66. The number of aromatic carboxylic acids is 1. The molecule has 0 radical (unpaired) electrons. The highest BCUT2D eigenvalue weighted by molar-refractivity contribution is 7.98. The number of nitrogens with zero attached hydrogens (tertiary/aromatic N) is 1. The lowest BCUT2D eigenvalue weighted by atomic mass is 9.99. The lowest BCUT2D eigenvalue weighted by Crippen LogP contribution is -2.25. The molecule has 1 heterocycles. The Bertz CT molecular complexity index is 1530. The van der Waals surface area contributed by atoms with E-state index in [1.165, 1.54) is 36.2 Å². The van der Waals surface area contributed by atoms with Crippen molar-refractivity contribution < 1.29 is 34.0 Å². The fraction of sp³-hybridized carbons (Fsp3) is 0.344. The quantitative estimate of drug-likeness (QED) is 0.0976. The average Bonchev–Trinajstić information content (AvgIpc) is 2.94. The van der Waals surface area contributed by atoms with Gasteiger partial charge in [-0.3, -0.25) is 9.59 Å². The van der Waals surface area contributed by atoms with Crippen LogP contribution in [0.4, 0.5) is 4.39 Å². The maximum Gasteiger partial charge on any atom is 0.339 e. The van der Waals surface area contributed by atoms with Crippen molar-refractivity contribution in [2.75, 3.05) is 6.61 Å². The molecule has 0 aliphatic rings. The van der Waals surface area contributed by atoms with E-state index in [0.717, 1.165) is 10.5 Å². The number of pyridine rings is 1. The third kappa shape index (κ3) is 9.92. The second-order valence-corrected chi connectivity index (χ2v) is 11.4. The fourth-order valence-corrected chi connectivity index (χ4v) is 5.15. The van der Waals surface area contributed by atoms with Crippen LogP contribution in [-0.2, 0) is 30.6 Å². The molecule has 4 N–H and O–H groups in total. The number of hydrogen-bond acceptors (Lipinski definition) is 7. The first-order chi connectivity index (χ1) is 20.5. The van der Waals surface area contributed by atoms with Gasteiger partial charge in [0.05, 0.1) is 13.2 Å². The number of carboxylic acid groups (broad SMARTS) is 1. The number of benzene rings is 2. The van der Waals surface area contributed by atoms with Crippen molar-refractivity contribution in [3.8, 4) is 17.2 Å². The predicted octanol–water partition coefficient (Wildman–Crippen LogP) is 5.69. The Morgan fingerprint density at radius 1 is 1.09 bits per heavy atom. The normalized spacial score (nSPS) is 10.8. The molecule has 230 valence electrons. The minimum atomic E-state index is -1.25. The summed E-state index contributed by atoms with van der Waals surface area (Å²) in [7, 11) is 1.67. The molecule has 1 amide bonds. The molecular formula is C32H37FN2O7S. The molecule has 3 rings (SSSR count). The van der Waals surface area contributed by atoms with Crippen LogP contribution in [0.5, 0.6) is 17.2 Å². The average molecular weight is 613 g/mol. The summed E-state index contributed by atoms with van der Waals surface area (Å²) in [6.07, 6.45) is 5.70. The molecule has 3 aromatic rings. The van der Waals surface area contributed by atoms with Gasteiger partial charge < -0.3 is 29.9 Å². The van der Waals surface area contributed by atoms with E-state index in [-0.39, 0.29) is 47.5 Å². The second-order valence-electron chi connectivity index (χ2n) is 10.3. The molecule has 1 aromatic heterocycles. The van der Waals surface area contributed by atoms with Crippen LogP contribution in [0.25, 0.3) is 0 Å². The molecule has 0 aliphatic carbocycles. The summed E-state index contributed by atoms with van der Waals surface area (Å²) in [6.45, 7) is 4.28. The SMILES string of the molecule is CC(C)=CCc1c(OCCCCCC(=O)NCc2cc(=O)c(O)cn2C)cc(CSc2ccc(F)cc2)c(C(=O)O)c1O. The van der Waals surface area contributed by atoms with E-state index in [0.29, 0.717) is 54.9 Å². The molecule has 0 saturated carbocycles. The largest absolute Gasteiger partial charge is 0.507 e. The van der Waals surface area contributed by atoms with E-state index in [2.05, 4.69) is 5.32 Å². The van der Waals surface area contributed by atoms with Crippen molar-refractivity contribution in [1.82, 2.24) is 9.88 Å². The van der Waals surface area contributed by atoms with Crippen molar-refractivity contribution in [2.24, 2.45) is 7.05 Å².